The monoisotopic (exact) mass is 476 g/mol. The Labute approximate surface area is 193 Å². The van der Waals surface area contributed by atoms with Gasteiger partial charge in [0.05, 0.1) is 21.3 Å². The first-order valence-electron chi connectivity index (χ1n) is 8.94. The highest BCUT2D eigenvalue weighted by molar-refractivity contribution is 8.19. The van der Waals surface area contributed by atoms with Crippen molar-refractivity contribution < 1.29 is 9.59 Å². The first-order valence-corrected chi connectivity index (χ1v) is 10.9. The van der Waals surface area contributed by atoms with Crippen molar-refractivity contribution in [1.29, 1.82) is 0 Å². The van der Waals surface area contributed by atoms with Gasteiger partial charge in [-0.05, 0) is 85.8 Å². The summed E-state index contributed by atoms with van der Waals surface area (Å²) >= 11 is 19.2. The van der Waals surface area contributed by atoms with Crippen LogP contribution in [-0.4, -0.2) is 15.7 Å². The van der Waals surface area contributed by atoms with E-state index in [2.05, 4.69) is 0 Å². The molecule has 152 valence electrons. The molecule has 0 aliphatic carbocycles. The highest BCUT2D eigenvalue weighted by Crippen LogP contribution is 2.37. The lowest BCUT2D eigenvalue weighted by molar-refractivity contribution is -0.113. The molecule has 2 heterocycles. The van der Waals surface area contributed by atoms with Crippen LogP contribution in [0.15, 0.2) is 53.4 Å². The number of thioether (sulfide) groups is 1. The van der Waals surface area contributed by atoms with Crippen LogP contribution in [0.1, 0.15) is 17.0 Å². The highest BCUT2D eigenvalue weighted by atomic mass is 35.5. The first kappa shape index (κ1) is 21.1. The van der Waals surface area contributed by atoms with Crippen molar-refractivity contribution in [3.05, 3.63) is 85.5 Å². The number of rotatable bonds is 3. The van der Waals surface area contributed by atoms with Crippen LogP contribution in [0, 0.1) is 13.8 Å². The van der Waals surface area contributed by atoms with E-state index in [-0.39, 0.29) is 11.1 Å². The number of anilines is 1. The average Bonchev–Trinajstić information content (AvgIpc) is 3.12. The highest BCUT2D eigenvalue weighted by Gasteiger charge is 2.36. The number of carbonyl (C=O) groups is 2. The van der Waals surface area contributed by atoms with Gasteiger partial charge in [-0.1, -0.05) is 34.8 Å². The predicted molar refractivity (Wildman–Crippen MR) is 125 cm³/mol. The molecule has 0 radical (unpaired) electrons. The van der Waals surface area contributed by atoms with Gasteiger partial charge in [0, 0.05) is 21.4 Å². The summed E-state index contributed by atoms with van der Waals surface area (Å²) in [5.74, 6) is -0.360. The normalized spacial score (nSPS) is 15.5. The van der Waals surface area contributed by atoms with Crippen LogP contribution < -0.4 is 4.90 Å². The molecular weight excluding hydrogens is 463 g/mol. The van der Waals surface area contributed by atoms with Gasteiger partial charge in [0.15, 0.2) is 0 Å². The third-order valence-electron chi connectivity index (χ3n) is 4.79. The topological polar surface area (TPSA) is 42.3 Å². The molecule has 0 bridgehead atoms. The van der Waals surface area contributed by atoms with Crippen molar-refractivity contribution in [2.24, 2.45) is 0 Å². The predicted octanol–water partition coefficient (Wildman–Crippen LogP) is 7.30. The van der Waals surface area contributed by atoms with Gasteiger partial charge in [-0.2, -0.15) is 0 Å². The van der Waals surface area contributed by atoms with E-state index in [9.17, 15) is 9.59 Å². The maximum absolute atomic E-state index is 12.9. The van der Waals surface area contributed by atoms with E-state index in [0.717, 1.165) is 39.3 Å². The van der Waals surface area contributed by atoms with Crippen molar-refractivity contribution in [3.8, 4) is 5.69 Å². The second kappa shape index (κ2) is 8.16. The molecule has 1 fully saturated rings. The Morgan fingerprint density at radius 2 is 1.57 bits per heavy atom. The smallest absolute Gasteiger partial charge is 0.298 e. The van der Waals surface area contributed by atoms with Crippen LogP contribution >= 0.6 is 46.6 Å². The Hall–Kier alpha value is -2.18. The minimum absolute atomic E-state index is 0.344. The van der Waals surface area contributed by atoms with Crippen molar-refractivity contribution in [1.82, 2.24) is 4.57 Å². The molecule has 2 amide bonds. The molecule has 3 aromatic rings. The van der Waals surface area contributed by atoms with Gasteiger partial charge in [0.1, 0.15) is 0 Å². The third kappa shape index (κ3) is 3.79. The molecule has 0 saturated carbocycles. The molecular formula is C22H15Cl3N2O2S. The molecule has 0 unspecified atom stereocenters. The maximum atomic E-state index is 12.9. The number of hydrogen-bond donors (Lipinski definition) is 0. The number of aromatic nitrogens is 1. The van der Waals surface area contributed by atoms with E-state index in [1.54, 1.807) is 42.5 Å². The second-order valence-electron chi connectivity index (χ2n) is 6.75. The lowest BCUT2D eigenvalue weighted by Gasteiger charge is -2.12. The number of carbonyl (C=O) groups excluding carboxylic acids is 2. The fourth-order valence-corrected chi connectivity index (χ4v) is 4.84. The van der Waals surface area contributed by atoms with Gasteiger partial charge >= 0.3 is 0 Å². The zero-order chi connectivity index (χ0) is 21.6. The fourth-order valence-electron chi connectivity index (χ4n) is 3.39. The molecule has 8 heteroatoms. The molecule has 0 atom stereocenters. The number of nitrogens with zero attached hydrogens (tertiary/aromatic N) is 2. The molecule has 1 aromatic heterocycles. The van der Waals surface area contributed by atoms with E-state index in [1.165, 1.54) is 0 Å². The zero-order valence-corrected chi connectivity index (χ0v) is 19.0. The lowest BCUT2D eigenvalue weighted by atomic mass is 10.2. The number of benzene rings is 2. The van der Waals surface area contributed by atoms with Gasteiger partial charge in [-0.15, -0.1) is 0 Å². The van der Waals surface area contributed by atoms with E-state index < -0.39 is 0 Å². The summed E-state index contributed by atoms with van der Waals surface area (Å²) in [5.41, 5.74) is 3.96. The molecule has 0 spiro atoms. The number of aryl methyl sites for hydroxylation is 1. The molecule has 1 aliphatic rings. The van der Waals surface area contributed by atoms with E-state index in [0.29, 0.717) is 25.7 Å². The van der Waals surface area contributed by atoms with Gasteiger partial charge in [-0.25, -0.2) is 4.90 Å². The van der Waals surface area contributed by atoms with E-state index in [4.69, 9.17) is 34.8 Å². The first-order chi connectivity index (χ1) is 14.3. The maximum Gasteiger partial charge on any atom is 0.298 e. The van der Waals surface area contributed by atoms with Crippen LogP contribution in [0.3, 0.4) is 0 Å². The summed E-state index contributed by atoms with van der Waals surface area (Å²) in [7, 11) is 0. The number of halogens is 3. The Kier molecular flexibility index (Phi) is 5.73. The summed E-state index contributed by atoms with van der Waals surface area (Å²) in [6, 6.07) is 13.9. The van der Waals surface area contributed by atoms with Gasteiger partial charge < -0.3 is 4.57 Å². The fraction of sp³-hybridized carbons (Fsp3) is 0.0909. The molecule has 0 N–H and O–H groups in total. The molecule has 4 rings (SSSR count). The van der Waals surface area contributed by atoms with Crippen LogP contribution in [-0.2, 0) is 4.79 Å². The Bertz CT molecular complexity index is 1220. The molecule has 2 aromatic carbocycles. The number of amides is 2. The van der Waals surface area contributed by atoms with Crippen molar-refractivity contribution in [2.45, 2.75) is 13.8 Å². The molecule has 1 aliphatic heterocycles. The molecule has 1 saturated heterocycles. The number of imide groups is 1. The van der Waals surface area contributed by atoms with Gasteiger partial charge in [-0.3, -0.25) is 9.59 Å². The van der Waals surface area contributed by atoms with E-state index >= 15 is 0 Å². The summed E-state index contributed by atoms with van der Waals surface area (Å²) in [6.07, 6.45) is 1.74. The van der Waals surface area contributed by atoms with Crippen LogP contribution in [0.4, 0.5) is 10.5 Å². The minimum Gasteiger partial charge on any atom is -0.316 e. The molecule has 4 nitrogen and oxygen atoms in total. The quantitative estimate of drug-likeness (QED) is 0.372. The number of hydrogen-bond acceptors (Lipinski definition) is 3. The summed E-state index contributed by atoms with van der Waals surface area (Å²) in [5, 5.41) is 1.28. The minimum atomic E-state index is -0.360. The second-order valence-corrected chi connectivity index (χ2v) is 9.02. The van der Waals surface area contributed by atoms with E-state index in [1.807, 2.05) is 30.5 Å². The van der Waals surface area contributed by atoms with Crippen molar-refractivity contribution in [3.63, 3.8) is 0 Å². The van der Waals surface area contributed by atoms with Crippen LogP contribution in [0.25, 0.3) is 11.8 Å². The lowest BCUT2D eigenvalue weighted by Crippen LogP contribution is -2.27. The Morgan fingerprint density at radius 3 is 2.23 bits per heavy atom. The summed E-state index contributed by atoms with van der Waals surface area (Å²) in [4.78, 5) is 26.9. The van der Waals surface area contributed by atoms with Crippen LogP contribution in [0.2, 0.25) is 15.1 Å². The van der Waals surface area contributed by atoms with Crippen molar-refractivity contribution >= 4 is 69.5 Å². The largest absolute Gasteiger partial charge is 0.316 e. The zero-order valence-electron chi connectivity index (χ0n) is 15.9. The van der Waals surface area contributed by atoms with Gasteiger partial charge in [0.25, 0.3) is 11.1 Å². The molecule has 30 heavy (non-hydrogen) atoms. The summed E-state index contributed by atoms with van der Waals surface area (Å²) < 4.78 is 1.99. The SMILES string of the molecule is Cc1cc(/C=C2/SC(=O)N(c3ccc(Cl)cc3)C2=O)c(C)n1-c1ccc(Cl)cc1Cl. The third-order valence-corrected chi connectivity index (χ3v) is 6.45. The Morgan fingerprint density at radius 1 is 0.900 bits per heavy atom. The van der Waals surface area contributed by atoms with Crippen LogP contribution in [0.5, 0.6) is 0 Å². The Balaban J connectivity index is 1.71. The average molecular weight is 478 g/mol. The van der Waals surface area contributed by atoms with Crippen molar-refractivity contribution in [2.75, 3.05) is 4.90 Å². The summed E-state index contributed by atoms with van der Waals surface area (Å²) in [6.45, 7) is 3.89. The standard InChI is InChI=1S/C22H15Cl3N2O2S/c1-12-9-14(13(2)26(12)19-8-5-16(24)11-18(19)25)10-20-21(28)27(22(29)30-20)17-6-3-15(23)4-7-17/h3-11H,1-2H3/b20-10+. The van der Waals surface area contributed by atoms with Gasteiger partial charge in [0.2, 0.25) is 0 Å².